The van der Waals surface area contributed by atoms with Crippen molar-refractivity contribution >= 4 is 23.3 Å². The Morgan fingerprint density at radius 3 is 2.31 bits per heavy atom. The summed E-state index contributed by atoms with van der Waals surface area (Å²) in [5.74, 6) is -7.56. The number of aromatic nitrogens is 2. The topological polar surface area (TPSA) is 56.1 Å². The van der Waals surface area contributed by atoms with Gasteiger partial charge >= 0.3 is 0 Å². The molecular formula is C25H18ClF4N3O2. The van der Waals surface area contributed by atoms with Crippen LogP contribution in [0.15, 0.2) is 60.7 Å². The largest absolute Gasteiger partial charge is 0.483 e. The van der Waals surface area contributed by atoms with Crippen molar-refractivity contribution in [2.75, 3.05) is 5.32 Å². The van der Waals surface area contributed by atoms with E-state index in [4.69, 9.17) is 16.3 Å². The summed E-state index contributed by atoms with van der Waals surface area (Å²) >= 11 is 6.02. The van der Waals surface area contributed by atoms with Crippen LogP contribution in [-0.2, 0) is 13.2 Å². The van der Waals surface area contributed by atoms with Crippen molar-refractivity contribution in [3.8, 4) is 5.75 Å². The zero-order valence-electron chi connectivity index (χ0n) is 18.3. The minimum atomic E-state index is -1.62. The van der Waals surface area contributed by atoms with Crippen molar-refractivity contribution in [1.82, 2.24) is 9.78 Å². The molecule has 0 atom stereocenters. The summed E-state index contributed by atoms with van der Waals surface area (Å²) in [5.41, 5.74) is 2.51. The standard InChI is InChI=1S/C25H18ClF4N3O2/c1-14-9-21(32-33(14)12-16-3-2-4-18(26)10-16)31-25(34)17-7-5-15(6-8-17)13-35-24-22(29)19(27)11-20(28)23(24)30/h2-11H,12-13H2,1H3,(H,31,32,34). The third-order valence-electron chi connectivity index (χ3n) is 5.11. The van der Waals surface area contributed by atoms with E-state index in [9.17, 15) is 22.4 Å². The van der Waals surface area contributed by atoms with Crippen LogP contribution < -0.4 is 10.1 Å². The van der Waals surface area contributed by atoms with E-state index in [-0.39, 0.29) is 12.7 Å². The highest BCUT2D eigenvalue weighted by atomic mass is 35.5. The quantitative estimate of drug-likeness (QED) is 0.238. The van der Waals surface area contributed by atoms with Gasteiger partial charge in [0, 0.05) is 28.4 Å². The van der Waals surface area contributed by atoms with Gasteiger partial charge in [-0.15, -0.1) is 0 Å². The summed E-state index contributed by atoms with van der Waals surface area (Å²) in [6.45, 7) is 1.97. The molecule has 0 aliphatic heterocycles. The molecule has 4 rings (SSSR count). The van der Waals surface area contributed by atoms with E-state index in [2.05, 4.69) is 10.4 Å². The molecule has 0 fully saturated rings. The average molecular weight is 504 g/mol. The summed E-state index contributed by atoms with van der Waals surface area (Å²) in [6, 6.07) is 15.1. The highest BCUT2D eigenvalue weighted by Crippen LogP contribution is 2.27. The Kier molecular flexibility index (Phi) is 7.07. The minimum Gasteiger partial charge on any atom is -0.483 e. The number of nitrogens with zero attached hydrogens (tertiary/aromatic N) is 2. The number of amides is 1. The van der Waals surface area contributed by atoms with Gasteiger partial charge in [-0.1, -0.05) is 35.9 Å². The van der Waals surface area contributed by atoms with E-state index in [1.54, 1.807) is 16.8 Å². The van der Waals surface area contributed by atoms with Gasteiger partial charge in [-0.3, -0.25) is 9.48 Å². The number of halogens is 5. The van der Waals surface area contributed by atoms with Crippen LogP contribution in [-0.4, -0.2) is 15.7 Å². The molecule has 0 unspecified atom stereocenters. The first-order chi connectivity index (χ1) is 16.7. The molecule has 0 bridgehead atoms. The highest BCUT2D eigenvalue weighted by molar-refractivity contribution is 6.30. The summed E-state index contributed by atoms with van der Waals surface area (Å²) in [7, 11) is 0. The maximum Gasteiger partial charge on any atom is 0.256 e. The molecule has 0 aliphatic rings. The van der Waals surface area contributed by atoms with Gasteiger partial charge in [0.25, 0.3) is 5.91 Å². The normalized spacial score (nSPS) is 10.9. The van der Waals surface area contributed by atoms with Gasteiger partial charge in [0.05, 0.1) is 6.54 Å². The molecule has 0 spiro atoms. The third kappa shape index (κ3) is 5.63. The lowest BCUT2D eigenvalue weighted by molar-refractivity contribution is 0.102. The second-order valence-corrected chi connectivity index (χ2v) is 8.13. The SMILES string of the molecule is Cc1cc(NC(=O)c2ccc(COc3c(F)c(F)cc(F)c3F)cc2)nn1Cc1cccc(Cl)c1. The summed E-state index contributed by atoms with van der Waals surface area (Å²) in [6.07, 6.45) is 0. The Bertz CT molecular complexity index is 1360. The Morgan fingerprint density at radius 2 is 1.66 bits per heavy atom. The fourth-order valence-corrected chi connectivity index (χ4v) is 3.53. The Hall–Kier alpha value is -3.85. The first kappa shape index (κ1) is 24.3. The van der Waals surface area contributed by atoms with Crippen molar-refractivity contribution in [3.05, 3.63) is 111 Å². The lowest BCUT2D eigenvalue weighted by Crippen LogP contribution is -2.13. The molecule has 0 saturated carbocycles. The monoisotopic (exact) mass is 503 g/mol. The summed E-state index contributed by atoms with van der Waals surface area (Å²) < 4.78 is 60.7. The van der Waals surface area contributed by atoms with E-state index in [1.165, 1.54) is 24.3 Å². The fraction of sp³-hybridized carbons (Fsp3) is 0.120. The summed E-state index contributed by atoms with van der Waals surface area (Å²) in [5, 5.41) is 7.73. The number of ether oxygens (including phenoxy) is 1. The molecule has 4 aromatic rings. The van der Waals surface area contributed by atoms with Gasteiger partial charge in [0.1, 0.15) is 6.61 Å². The molecular weight excluding hydrogens is 486 g/mol. The van der Waals surface area contributed by atoms with E-state index >= 15 is 0 Å². The van der Waals surface area contributed by atoms with Gasteiger partial charge in [-0.2, -0.15) is 13.9 Å². The van der Waals surface area contributed by atoms with Crippen LogP contribution in [0.1, 0.15) is 27.2 Å². The molecule has 5 nitrogen and oxygen atoms in total. The number of hydrogen-bond acceptors (Lipinski definition) is 3. The van der Waals surface area contributed by atoms with E-state index < -0.39 is 34.9 Å². The Morgan fingerprint density at radius 1 is 0.971 bits per heavy atom. The lowest BCUT2D eigenvalue weighted by atomic mass is 10.1. The predicted octanol–water partition coefficient (Wildman–Crippen LogP) is 6.28. The minimum absolute atomic E-state index is 0.104. The van der Waals surface area contributed by atoms with Crippen molar-refractivity contribution < 1.29 is 27.1 Å². The third-order valence-corrected chi connectivity index (χ3v) is 5.35. The van der Waals surface area contributed by atoms with Crippen LogP contribution in [0.3, 0.4) is 0 Å². The molecule has 35 heavy (non-hydrogen) atoms. The van der Waals surface area contributed by atoms with Crippen LogP contribution in [0.5, 0.6) is 5.75 Å². The number of carbonyl (C=O) groups is 1. The van der Waals surface area contributed by atoms with Crippen molar-refractivity contribution in [2.24, 2.45) is 0 Å². The smallest absolute Gasteiger partial charge is 0.256 e. The van der Waals surface area contributed by atoms with Crippen molar-refractivity contribution in [3.63, 3.8) is 0 Å². The molecule has 10 heteroatoms. The second-order valence-electron chi connectivity index (χ2n) is 7.70. The first-order valence-electron chi connectivity index (χ1n) is 10.4. The van der Waals surface area contributed by atoms with E-state index in [0.29, 0.717) is 28.5 Å². The van der Waals surface area contributed by atoms with Crippen molar-refractivity contribution in [1.29, 1.82) is 0 Å². The maximum atomic E-state index is 13.7. The number of anilines is 1. The molecule has 3 aromatic carbocycles. The van der Waals surface area contributed by atoms with Gasteiger partial charge in [-0.05, 0) is 42.3 Å². The van der Waals surface area contributed by atoms with Crippen LogP contribution in [0.4, 0.5) is 23.4 Å². The number of rotatable bonds is 7. The Labute approximate surface area is 202 Å². The Balaban J connectivity index is 1.39. The van der Waals surface area contributed by atoms with Crippen molar-refractivity contribution in [2.45, 2.75) is 20.1 Å². The molecule has 1 aromatic heterocycles. The van der Waals surface area contributed by atoms with E-state index in [1.807, 2.05) is 25.1 Å². The first-order valence-corrected chi connectivity index (χ1v) is 10.7. The van der Waals surface area contributed by atoms with Crippen LogP contribution in [0, 0.1) is 30.2 Å². The number of carbonyl (C=O) groups excluding carboxylic acids is 1. The lowest BCUT2D eigenvalue weighted by Gasteiger charge is -2.10. The van der Waals surface area contributed by atoms with Gasteiger partial charge < -0.3 is 10.1 Å². The molecule has 1 amide bonds. The second kappa shape index (κ2) is 10.2. The predicted molar refractivity (Wildman–Crippen MR) is 123 cm³/mol. The zero-order valence-corrected chi connectivity index (χ0v) is 19.0. The van der Waals surface area contributed by atoms with Crippen LogP contribution >= 0.6 is 11.6 Å². The van der Waals surface area contributed by atoms with Crippen LogP contribution in [0.2, 0.25) is 5.02 Å². The van der Waals surface area contributed by atoms with Gasteiger partial charge in [-0.25, -0.2) is 8.78 Å². The molecule has 1 heterocycles. The molecule has 0 aliphatic carbocycles. The number of nitrogens with one attached hydrogen (secondary N) is 1. The van der Waals surface area contributed by atoms with Gasteiger partial charge in [0.2, 0.25) is 11.6 Å². The highest BCUT2D eigenvalue weighted by Gasteiger charge is 2.20. The average Bonchev–Trinajstić information content (AvgIpc) is 3.16. The maximum absolute atomic E-state index is 13.7. The van der Waals surface area contributed by atoms with Crippen LogP contribution in [0.25, 0.3) is 0 Å². The zero-order chi connectivity index (χ0) is 25.1. The van der Waals surface area contributed by atoms with Gasteiger partial charge in [0.15, 0.2) is 23.2 Å². The number of aryl methyl sites for hydroxylation is 1. The number of benzene rings is 3. The number of hydrogen-bond donors (Lipinski definition) is 1. The van der Waals surface area contributed by atoms with E-state index in [0.717, 1.165) is 11.3 Å². The molecule has 1 N–H and O–H groups in total. The fourth-order valence-electron chi connectivity index (χ4n) is 3.31. The summed E-state index contributed by atoms with van der Waals surface area (Å²) in [4.78, 5) is 12.6. The molecule has 180 valence electrons. The molecule has 0 radical (unpaired) electrons. The molecule has 0 saturated heterocycles.